The first-order valence-electron chi connectivity index (χ1n) is 9.67. The third-order valence-corrected chi connectivity index (χ3v) is 6.55. The van der Waals surface area contributed by atoms with Gasteiger partial charge in [0.1, 0.15) is 16.0 Å². The van der Waals surface area contributed by atoms with Crippen molar-refractivity contribution in [3.63, 3.8) is 0 Å². The zero-order chi connectivity index (χ0) is 20.2. The molecule has 5 rings (SSSR count). The minimum absolute atomic E-state index is 0.180. The van der Waals surface area contributed by atoms with E-state index in [1.165, 1.54) is 66.5 Å². The number of nitrogens with one attached hydrogen (secondary N) is 2. The molecule has 152 valence electrons. The van der Waals surface area contributed by atoms with E-state index in [9.17, 15) is 8.78 Å². The van der Waals surface area contributed by atoms with Gasteiger partial charge < -0.3 is 10.6 Å². The first kappa shape index (κ1) is 20.1. The van der Waals surface area contributed by atoms with Gasteiger partial charge in [-0.25, -0.2) is 18.7 Å². The lowest BCUT2D eigenvalue weighted by Crippen LogP contribution is -2.24. The average Bonchev–Trinajstić information content (AvgIpc) is 3.32. The van der Waals surface area contributed by atoms with Crippen LogP contribution in [0.3, 0.4) is 0 Å². The van der Waals surface area contributed by atoms with Crippen LogP contribution in [0.2, 0.25) is 0 Å². The van der Waals surface area contributed by atoms with E-state index in [2.05, 4.69) is 27.5 Å². The fourth-order valence-electron chi connectivity index (χ4n) is 3.37. The molecule has 0 radical (unpaired) electrons. The predicted molar refractivity (Wildman–Crippen MR) is 118 cm³/mol. The maximum absolute atomic E-state index is 14.4. The summed E-state index contributed by atoms with van der Waals surface area (Å²) in [6.45, 7) is 3.51. The summed E-state index contributed by atoms with van der Waals surface area (Å²) in [4.78, 5) is 8.97. The molecule has 2 N–H and O–H groups in total. The summed E-state index contributed by atoms with van der Waals surface area (Å²) in [5, 5.41) is 9.00. The largest absolute Gasteiger partial charge is 0.350 e. The Labute approximate surface area is 176 Å². The van der Waals surface area contributed by atoms with E-state index in [0.717, 1.165) is 16.3 Å². The standard InChI is InChI=1S/C14H7F2N3S2.C7H15N/c15-8-5-10-13(18-6-21-10)11(16)12(8)19-9-1-3-17-14-7(9)2-4-20-14;1-7-5-3-2-4-6-8-7/h1-6H,(H,17,19);7-8H,2-6H2,1H3. The van der Waals surface area contributed by atoms with Crippen LogP contribution >= 0.6 is 22.7 Å². The van der Waals surface area contributed by atoms with Crippen molar-refractivity contribution >= 4 is 54.5 Å². The minimum Gasteiger partial charge on any atom is -0.350 e. The van der Waals surface area contributed by atoms with Gasteiger partial charge in [0.05, 0.1) is 15.9 Å². The number of hydrogen-bond acceptors (Lipinski definition) is 6. The number of fused-ring (bicyclic) bond motifs is 2. The first-order valence-corrected chi connectivity index (χ1v) is 11.4. The summed E-state index contributed by atoms with van der Waals surface area (Å²) in [5.74, 6) is -1.31. The van der Waals surface area contributed by atoms with Gasteiger partial charge in [0.15, 0.2) is 11.6 Å². The second-order valence-electron chi connectivity index (χ2n) is 7.07. The predicted octanol–water partition coefficient (Wildman–Crippen LogP) is 6.47. The van der Waals surface area contributed by atoms with Gasteiger partial charge in [-0.3, -0.25) is 0 Å². The summed E-state index contributed by atoms with van der Waals surface area (Å²) in [7, 11) is 0. The molecule has 1 unspecified atom stereocenters. The van der Waals surface area contributed by atoms with Gasteiger partial charge in [-0.05, 0) is 49.9 Å². The lowest BCUT2D eigenvalue weighted by Gasteiger charge is -2.10. The third kappa shape index (κ3) is 4.55. The molecule has 8 heteroatoms. The van der Waals surface area contributed by atoms with E-state index >= 15 is 0 Å². The number of nitrogens with zero attached hydrogens (tertiary/aromatic N) is 2. The molecule has 0 bridgehead atoms. The van der Waals surface area contributed by atoms with Crippen LogP contribution in [0.25, 0.3) is 20.4 Å². The molecule has 0 spiro atoms. The number of benzene rings is 1. The molecule has 1 fully saturated rings. The first-order chi connectivity index (χ1) is 14.1. The molecule has 4 nitrogen and oxygen atoms in total. The van der Waals surface area contributed by atoms with E-state index in [1.54, 1.807) is 12.3 Å². The number of hydrogen-bond donors (Lipinski definition) is 2. The highest BCUT2D eigenvalue weighted by Crippen LogP contribution is 2.34. The van der Waals surface area contributed by atoms with E-state index in [4.69, 9.17) is 0 Å². The van der Waals surface area contributed by atoms with Gasteiger partial charge in [-0.1, -0.05) is 12.8 Å². The fourth-order valence-corrected chi connectivity index (χ4v) is 4.83. The molecule has 0 aliphatic carbocycles. The zero-order valence-corrected chi connectivity index (χ0v) is 17.7. The van der Waals surface area contributed by atoms with Crippen molar-refractivity contribution in [2.75, 3.05) is 11.9 Å². The van der Waals surface area contributed by atoms with Gasteiger partial charge in [0.25, 0.3) is 0 Å². The molecular formula is C21H22F2N4S2. The van der Waals surface area contributed by atoms with Crippen LogP contribution in [-0.2, 0) is 0 Å². The van der Waals surface area contributed by atoms with Gasteiger partial charge in [-0.2, -0.15) is 0 Å². The van der Waals surface area contributed by atoms with Gasteiger partial charge >= 0.3 is 0 Å². The molecule has 29 heavy (non-hydrogen) atoms. The van der Waals surface area contributed by atoms with Gasteiger partial charge in [0.2, 0.25) is 0 Å². The molecule has 3 aromatic heterocycles. The van der Waals surface area contributed by atoms with E-state index in [1.807, 2.05) is 11.4 Å². The number of aromatic nitrogens is 2. The smallest absolute Gasteiger partial charge is 0.176 e. The number of halogens is 2. The van der Waals surface area contributed by atoms with Crippen LogP contribution in [0.4, 0.5) is 20.2 Å². The maximum atomic E-state index is 14.4. The number of thiazole rings is 1. The van der Waals surface area contributed by atoms with E-state index in [0.29, 0.717) is 10.4 Å². The number of anilines is 2. The topological polar surface area (TPSA) is 49.8 Å². The second-order valence-corrected chi connectivity index (χ2v) is 8.85. The van der Waals surface area contributed by atoms with Crippen LogP contribution < -0.4 is 10.6 Å². The van der Waals surface area contributed by atoms with Crippen molar-refractivity contribution in [2.24, 2.45) is 0 Å². The van der Waals surface area contributed by atoms with Crippen molar-refractivity contribution in [3.05, 3.63) is 46.9 Å². The molecule has 4 aromatic rings. The summed E-state index contributed by atoms with van der Waals surface area (Å²) in [6.07, 6.45) is 7.22. The molecule has 1 aliphatic heterocycles. The van der Waals surface area contributed by atoms with E-state index in [-0.39, 0.29) is 11.2 Å². The zero-order valence-electron chi connectivity index (χ0n) is 16.0. The van der Waals surface area contributed by atoms with Gasteiger partial charge in [0, 0.05) is 17.6 Å². The van der Waals surface area contributed by atoms with Crippen molar-refractivity contribution in [1.82, 2.24) is 15.3 Å². The van der Waals surface area contributed by atoms with Crippen molar-refractivity contribution in [3.8, 4) is 0 Å². The summed E-state index contributed by atoms with van der Waals surface area (Å²) in [5.41, 5.74) is 2.11. The van der Waals surface area contributed by atoms with Crippen molar-refractivity contribution in [2.45, 2.75) is 38.6 Å². The fraction of sp³-hybridized carbons (Fsp3) is 0.333. The SMILES string of the molecule is CC1CCCCCN1.Fc1cc2scnc2c(F)c1Nc1ccnc2sccc12. The Balaban J connectivity index is 0.000000216. The van der Waals surface area contributed by atoms with Crippen LogP contribution in [-0.4, -0.2) is 22.6 Å². The lowest BCUT2D eigenvalue weighted by atomic mass is 10.1. The molecule has 1 atom stereocenters. The molecule has 1 saturated heterocycles. The van der Waals surface area contributed by atoms with Crippen molar-refractivity contribution in [1.29, 1.82) is 0 Å². The van der Waals surface area contributed by atoms with E-state index < -0.39 is 11.6 Å². The molecule has 0 saturated carbocycles. The molecule has 0 amide bonds. The second kappa shape index (κ2) is 9.11. The summed E-state index contributed by atoms with van der Waals surface area (Å²) in [6, 6.07) is 5.63. The van der Waals surface area contributed by atoms with Crippen molar-refractivity contribution < 1.29 is 8.78 Å². The number of rotatable bonds is 2. The summed E-state index contributed by atoms with van der Waals surface area (Å²) >= 11 is 2.68. The molecule has 4 heterocycles. The Hall–Kier alpha value is -2.16. The highest BCUT2D eigenvalue weighted by Gasteiger charge is 2.17. The van der Waals surface area contributed by atoms with Crippen LogP contribution in [0.5, 0.6) is 0 Å². The van der Waals surface area contributed by atoms with Crippen LogP contribution in [0, 0.1) is 11.6 Å². The van der Waals surface area contributed by atoms with Gasteiger partial charge in [-0.15, -0.1) is 22.7 Å². The normalized spacial score (nSPS) is 17.0. The minimum atomic E-state index is -0.675. The third-order valence-electron chi connectivity index (χ3n) is 4.95. The number of thiophene rings is 1. The Morgan fingerprint density at radius 1 is 1.14 bits per heavy atom. The molecule has 1 aliphatic rings. The quantitative estimate of drug-likeness (QED) is 0.381. The van der Waals surface area contributed by atoms with Crippen LogP contribution in [0.1, 0.15) is 32.6 Å². The van der Waals surface area contributed by atoms with Crippen LogP contribution in [0.15, 0.2) is 35.3 Å². The summed E-state index contributed by atoms with van der Waals surface area (Å²) < 4.78 is 29.0. The highest BCUT2D eigenvalue weighted by molar-refractivity contribution is 7.17. The molecule has 1 aromatic carbocycles. The Morgan fingerprint density at radius 2 is 2.03 bits per heavy atom. The average molecular weight is 433 g/mol. The molecular weight excluding hydrogens is 410 g/mol. The monoisotopic (exact) mass is 432 g/mol. The number of pyridine rings is 1. The lowest BCUT2D eigenvalue weighted by molar-refractivity contribution is 0.550. The Morgan fingerprint density at radius 3 is 2.93 bits per heavy atom. The maximum Gasteiger partial charge on any atom is 0.176 e. The Bertz CT molecular complexity index is 1100. The Kier molecular flexibility index (Phi) is 6.32. The highest BCUT2D eigenvalue weighted by atomic mass is 32.1.